The van der Waals surface area contributed by atoms with Crippen molar-refractivity contribution in [1.82, 2.24) is 4.90 Å². The van der Waals surface area contributed by atoms with Crippen molar-refractivity contribution in [1.29, 1.82) is 0 Å². The predicted molar refractivity (Wildman–Crippen MR) is 92.7 cm³/mol. The van der Waals surface area contributed by atoms with Crippen LogP contribution >= 0.6 is 0 Å². The zero-order valence-electron chi connectivity index (χ0n) is 14.4. The predicted octanol–water partition coefficient (Wildman–Crippen LogP) is 5.72. The summed E-state index contributed by atoms with van der Waals surface area (Å²) < 4.78 is 6.51. The molecule has 116 valence electrons. The van der Waals surface area contributed by atoms with Gasteiger partial charge in [0.05, 0.1) is 0 Å². The molecule has 0 spiro atoms. The van der Waals surface area contributed by atoms with Crippen LogP contribution in [0.25, 0.3) is 0 Å². The van der Waals surface area contributed by atoms with E-state index in [1.54, 1.807) is 17.9 Å². The molecular formula is C17H39NSn. The van der Waals surface area contributed by atoms with Gasteiger partial charge in [0.2, 0.25) is 0 Å². The molecule has 2 heteroatoms. The van der Waals surface area contributed by atoms with Crippen LogP contribution in [0.3, 0.4) is 0 Å². The van der Waals surface area contributed by atoms with E-state index in [2.05, 4.69) is 39.5 Å². The van der Waals surface area contributed by atoms with Gasteiger partial charge in [-0.05, 0) is 0 Å². The average molecular weight is 376 g/mol. The molecule has 1 nitrogen and oxygen atoms in total. The van der Waals surface area contributed by atoms with E-state index in [0.717, 1.165) is 0 Å². The molecule has 0 saturated heterocycles. The Balaban J connectivity index is 4.74. The van der Waals surface area contributed by atoms with E-state index in [-0.39, 0.29) is 0 Å². The second-order valence-corrected chi connectivity index (χ2v) is 20.0. The van der Waals surface area contributed by atoms with Crippen LogP contribution in [-0.2, 0) is 0 Å². The Morgan fingerprint density at radius 3 is 1.26 bits per heavy atom. The molecule has 19 heavy (non-hydrogen) atoms. The van der Waals surface area contributed by atoms with Crippen LogP contribution in [0, 0.1) is 0 Å². The quantitative estimate of drug-likeness (QED) is 0.372. The molecule has 0 aliphatic heterocycles. The van der Waals surface area contributed by atoms with Crippen molar-refractivity contribution in [2.24, 2.45) is 0 Å². The van der Waals surface area contributed by atoms with Gasteiger partial charge in [-0.2, -0.15) is 0 Å². The molecule has 0 unspecified atom stereocenters. The first-order chi connectivity index (χ1) is 9.17. The van der Waals surface area contributed by atoms with Crippen LogP contribution in [0.5, 0.6) is 0 Å². The molecule has 0 aromatic heterocycles. The number of rotatable bonds is 13. The van der Waals surface area contributed by atoms with Crippen molar-refractivity contribution >= 4 is 18.4 Å². The summed E-state index contributed by atoms with van der Waals surface area (Å²) in [5, 5.41) is 0. The van der Waals surface area contributed by atoms with Crippen molar-refractivity contribution in [2.75, 3.05) is 17.7 Å². The molecule has 0 saturated carbocycles. The Bertz CT molecular complexity index is 168. The van der Waals surface area contributed by atoms with Gasteiger partial charge < -0.3 is 0 Å². The van der Waals surface area contributed by atoms with E-state index in [1.165, 1.54) is 51.6 Å². The van der Waals surface area contributed by atoms with Gasteiger partial charge in [0.1, 0.15) is 0 Å². The average Bonchev–Trinajstić information content (AvgIpc) is 2.45. The molecule has 0 N–H and O–H groups in total. The third-order valence-electron chi connectivity index (χ3n) is 4.64. The van der Waals surface area contributed by atoms with Crippen LogP contribution in [-0.4, -0.2) is 40.9 Å². The zero-order chi connectivity index (χ0) is 14.6. The maximum atomic E-state index is 2.75. The Morgan fingerprint density at radius 2 is 1.00 bits per heavy atom. The Hall–Kier alpha value is 0.759. The SMILES string of the molecule is CCC[CH2][Sn]([CH2]CCC)([CH2]CCC)[CH2]N(CC)CC. The molecule has 0 aromatic carbocycles. The number of hydrogen-bond donors (Lipinski definition) is 0. The molecule has 0 rings (SSSR count). The summed E-state index contributed by atoms with van der Waals surface area (Å²) in [7, 11) is 0. The van der Waals surface area contributed by atoms with Gasteiger partial charge in [0.25, 0.3) is 0 Å². The third-order valence-corrected chi connectivity index (χ3v) is 19.9. The van der Waals surface area contributed by atoms with Crippen LogP contribution in [0.1, 0.15) is 73.1 Å². The summed E-state index contributed by atoms with van der Waals surface area (Å²) in [6.45, 7) is 14.3. The van der Waals surface area contributed by atoms with Crippen molar-refractivity contribution in [3.05, 3.63) is 0 Å². The van der Waals surface area contributed by atoms with Crippen LogP contribution in [0.15, 0.2) is 0 Å². The van der Waals surface area contributed by atoms with Crippen molar-refractivity contribution in [3.63, 3.8) is 0 Å². The number of hydrogen-bond acceptors (Lipinski definition) is 1. The van der Waals surface area contributed by atoms with Gasteiger partial charge in [-0.15, -0.1) is 0 Å². The summed E-state index contributed by atoms with van der Waals surface area (Å²) in [5.74, 6) is 0. The van der Waals surface area contributed by atoms with E-state index < -0.39 is 18.4 Å². The topological polar surface area (TPSA) is 3.24 Å². The molecule has 0 atom stereocenters. The fourth-order valence-corrected chi connectivity index (χ4v) is 20.1. The first-order valence-corrected chi connectivity index (χ1v) is 17.0. The molecule has 0 aliphatic carbocycles. The van der Waals surface area contributed by atoms with Crippen LogP contribution in [0.4, 0.5) is 0 Å². The second-order valence-electron chi connectivity index (χ2n) is 6.27. The number of nitrogens with zero attached hydrogens (tertiary/aromatic N) is 1. The summed E-state index contributed by atoms with van der Waals surface area (Å²) in [5.41, 5.74) is 0. The Labute approximate surface area is 127 Å². The summed E-state index contributed by atoms with van der Waals surface area (Å²) in [6, 6.07) is 0. The molecule has 0 aromatic rings. The van der Waals surface area contributed by atoms with Gasteiger partial charge in [0, 0.05) is 0 Å². The molecule has 0 amide bonds. The summed E-state index contributed by atoms with van der Waals surface area (Å²) >= 11 is -1.88. The van der Waals surface area contributed by atoms with Crippen molar-refractivity contribution in [3.8, 4) is 0 Å². The van der Waals surface area contributed by atoms with Crippen LogP contribution < -0.4 is 0 Å². The van der Waals surface area contributed by atoms with E-state index >= 15 is 0 Å². The van der Waals surface area contributed by atoms with Crippen molar-refractivity contribution < 1.29 is 0 Å². The third kappa shape index (κ3) is 8.59. The van der Waals surface area contributed by atoms with Crippen molar-refractivity contribution in [2.45, 2.75) is 86.5 Å². The zero-order valence-corrected chi connectivity index (χ0v) is 17.3. The molecule has 0 bridgehead atoms. The van der Waals surface area contributed by atoms with Gasteiger partial charge in [-0.1, -0.05) is 0 Å². The van der Waals surface area contributed by atoms with E-state index in [9.17, 15) is 0 Å². The van der Waals surface area contributed by atoms with Gasteiger partial charge in [-0.25, -0.2) is 0 Å². The molecular weight excluding hydrogens is 337 g/mol. The van der Waals surface area contributed by atoms with E-state index in [0.29, 0.717) is 0 Å². The fourth-order valence-electron chi connectivity index (χ4n) is 3.19. The minimum absolute atomic E-state index is 1.26. The molecule has 0 fully saturated rings. The second kappa shape index (κ2) is 12.5. The molecule has 0 aliphatic rings. The van der Waals surface area contributed by atoms with Crippen LogP contribution in [0.2, 0.25) is 13.3 Å². The van der Waals surface area contributed by atoms with Gasteiger partial charge >= 0.3 is 127 Å². The number of unbranched alkanes of at least 4 members (excludes halogenated alkanes) is 3. The fraction of sp³-hybridized carbons (Fsp3) is 1.00. The Kier molecular flexibility index (Phi) is 13.0. The first-order valence-electron chi connectivity index (χ1n) is 8.90. The monoisotopic (exact) mass is 377 g/mol. The van der Waals surface area contributed by atoms with E-state index in [4.69, 9.17) is 0 Å². The van der Waals surface area contributed by atoms with E-state index in [1.807, 2.05) is 0 Å². The standard InChI is InChI=1S/C5H12N.3C4H9.Sn/c1-4-6(3)5-2;3*1-3-4-2;/h3-5H2,1-2H3;3*1,3-4H2,2H3;. The molecule has 0 radical (unpaired) electrons. The normalized spacial score (nSPS) is 12.3. The maximum absolute atomic E-state index is 2.75. The molecule has 0 heterocycles. The first kappa shape index (κ1) is 19.8. The van der Waals surface area contributed by atoms with Gasteiger partial charge in [0.15, 0.2) is 0 Å². The van der Waals surface area contributed by atoms with Gasteiger partial charge in [-0.3, -0.25) is 0 Å². The summed E-state index contributed by atoms with van der Waals surface area (Å²) in [6.07, 6.45) is 8.71. The minimum atomic E-state index is -1.88. The summed E-state index contributed by atoms with van der Waals surface area (Å²) in [4.78, 5) is 2.75. The Morgan fingerprint density at radius 1 is 0.632 bits per heavy atom.